The van der Waals surface area contributed by atoms with Crippen molar-refractivity contribution in [2.45, 2.75) is 20.0 Å². The fraction of sp³-hybridized carbons (Fsp3) is 0.263. The minimum atomic E-state index is -0.637. The molecule has 0 saturated carbocycles. The highest BCUT2D eigenvalue weighted by atomic mass is 32.1. The molecule has 0 atom stereocenters. The number of nitrogens with zero attached hydrogens (tertiary/aromatic N) is 2. The van der Waals surface area contributed by atoms with Crippen LogP contribution in [0, 0.1) is 6.92 Å². The number of aromatic amines is 1. The number of methoxy groups -OCH3 is 1. The lowest BCUT2D eigenvalue weighted by atomic mass is 10.2. The van der Waals surface area contributed by atoms with E-state index in [1.165, 1.54) is 23.0 Å². The van der Waals surface area contributed by atoms with E-state index >= 15 is 0 Å². The van der Waals surface area contributed by atoms with Crippen LogP contribution in [0.25, 0.3) is 0 Å². The summed E-state index contributed by atoms with van der Waals surface area (Å²) in [7, 11) is 1.50. The first kappa shape index (κ1) is 20.5. The fourth-order valence-electron chi connectivity index (χ4n) is 2.69. The summed E-state index contributed by atoms with van der Waals surface area (Å²) < 4.78 is 6.31. The van der Waals surface area contributed by atoms with Gasteiger partial charge in [-0.2, -0.15) is 0 Å². The van der Waals surface area contributed by atoms with Crippen molar-refractivity contribution < 1.29 is 9.53 Å². The molecule has 152 valence electrons. The summed E-state index contributed by atoms with van der Waals surface area (Å²) in [5.41, 5.74) is -0.0160. The molecule has 0 aliphatic heterocycles. The second-order valence-electron chi connectivity index (χ2n) is 6.17. The molecule has 2 heterocycles. The molecule has 0 bridgehead atoms. The van der Waals surface area contributed by atoms with Crippen LogP contribution in [0.2, 0.25) is 0 Å². The van der Waals surface area contributed by atoms with Gasteiger partial charge in [0.1, 0.15) is 17.2 Å². The molecule has 0 spiro atoms. The maximum absolute atomic E-state index is 12.6. The Labute approximate surface area is 170 Å². The van der Waals surface area contributed by atoms with Gasteiger partial charge >= 0.3 is 5.69 Å². The molecule has 3 aromatic rings. The first-order valence-corrected chi connectivity index (χ1v) is 9.75. The standard InChI is InChI=1S/C19H21N5O4S/c1-12-21-14(11-29-12)17(25)22-16-15(20-10-13-6-4-3-5-7-13)18(26)23-19(27)24(16)8-9-28-2/h3-7,11,20H,8-10H2,1-2H3,(H,22,25)(H,23,26,27). The molecule has 3 rings (SSSR count). The topological polar surface area (TPSA) is 118 Å². The average molecular weight is 415 g/mol. The summed E-state index contributed by atoms with van der Waals surface area (Å²) in [4.78, 5) is 44.0. The lowest BCUT2D eigenvalue weighted by molar-refractivity contribution is 0.102. The molecular weight excluding hydrogens is 394 g/mol. The van der Waals surface area contributed by atoms with Crippen molar-refractivity contribution in [1.29, 1.82) is 0 Å². The van der Waals surface area contributed by atoms with Gasteiger partial charge in [-0.1, -0.05) is 30.3 Å². The number of thiazole rings is 1. The highest BCUT2D eigenvalue weighted by molar-refractivity contribution is 7.09. The third-order valence-corrected chi connectivity index (χ3v) is 4.89. The third-order valence-electron chi connectivity index (χ3n) is 4.11. The third kappa shape index (κ3) is 4.98. The molecule has 0 aliphatic rings. The van der Waals surface area contributed by atoms with Crippen LogP contribution in [-0.4, -0.2) is 34.2 Å². The number of carbonyl (C=O) groups is 1. The predicted molar refractivity (Wildman–Crippen MR) is 112 cm³/mol. The Morgan fingerprint density at radius 1 is 1.28 bits per heavy atom. The molecule has 0 unspecified atom stereocenters. The number of amides is 1. The number of benzene rings is 1. The Balaban J connectivity index is 1.99. The summed E-state index contributed by atoms with van der Waals surface area (Å²) in [5, 5.41) is 8.05. The zero-order valence-electron chi connectivity index (χ0n) is 16.0. The van der Waals surface area contributed by atoms with Crippen LogP contribution in [0.4, 0.5) is 11.5 Å². The lowest BCUT2D eigenvalue weighted by Gasteiger charge is -2.17. The molecule has 1 amide bonds. The number of hydrogen-bond donors (Lipinski definition) is 3. The summed E-state index contributed by atoms with van der Waals surface area (Å²) in [5.74, 6) is -0.435. The van der Waals surface area contributed by atoms with Crippen LogP contribution in [-0.2, 0) is 17.8 Å². The second-order valence-corrected chi connectivity index (χ2v) is 7.23. The molecule has 2 aromatic heterocycles. The normalized spacial score (nSPS) is 10.7. The zero-order valence-corrected chi connectivity index (χ0v) is 16.8. The minimum absolute atomic E-state index is 0.0717. The van der Waals surface area contributed by atoms with Gasteiger partial charge in [-0.25, -0.2) is 9.78 Å². The molecule has 0 aliphatic carbocycles. The monoisotopic (exact) mass is 415 g/mol. The molecule has 3 N–H and O–H groups in total. The van der Waals surface area contributed by atoms with E-state index < -0.39 is 17.2 Å². The molecule has 9 nitrogen and oxygen atoms in total. The quantitative estimate of drug-likeness (QED) is 0.516. The number of anilines is 2. The van der Waals surface area contributed by atoms with Gasteiger partial charge in [0.25, 0.3) is 11.5 Å². The van der Waals surface area contributed by atoms with Crippen LogP contribution >= 0.6 is 11.3 Å². The van der Waals surface area contributed by atoms with Gasteiger partial charge in [-0.3, -0.25) is 19.1 Å². The summed E-state index contributed by atoms with van der Waals surface area (Å²) in [6.45, 7) is 2.50. The van der Waals surface area contributed by atoms with E-state index in [-0.39, 0.29) is 30.4 Å². The number of rotatable bonds is 8. The highest BCUT2D eigenvalue weighted by Gasteiger charge is 2.19. The molecular formula is C19H21N5O4S. The van der Waals surface area contributed by atoms with Crippen molar-refractivity contribution in [3.63, 3.8) is 0 Å². The maximum atomic E-state index is 12.6. The van der Waals surface area contributed by atoms with Crippen molar-refractivity contribution in [3.8, 4) is 0 Å². The van der Waals surface area contributed by atoms with Crippen LogP contribution in [0.3, 0.4) is 0 Å². The first-order chi connectivity index (χ1) is 14.0. The van der Waals surface area contributed by atoms with Crippen LogP contribution in [0.15, 0.2) is 45.3 Å². The molecule has 0 saturated heterocycles. The van der Waals surface area contributed by atoms with E-state index in [4.69, 9.17) is 4.74 Å². The van der Waals surface area contributed by atoms with Crippen molar-refractivity contribution in [1.82, 2.24) is 14.5 Å². The SMILES string of the molecule is COCCn1c(NC(=O)c2csc(C)n2)c(NCc2ccccc2)c(=O)[nH]c1=O. The Kier molecular flexibility index (Phi) is 6.57. The summed E-state index contributed by atoms with van der Waals surface area (Å²) in [6.07, 6.45) is 0. The number of aromatic nitrogens is 3. The largest absolute Gasteiger partial charge is 0.383 e. The van der Waals surface area contributed by atoms with Crippen molar-refractivity contribution in [2.75, 3.05) is 24.4 Å². The van der Waals surface area contributed by atoms with Crippen molar-refractivity contribution in [2.24, 2.45) is 0 Å². The Hall–Kier alpha value is -3.24. The number of carbonyl (C=O) groups excluding carboxylic acids is 1. The van der Waals surface area contributed by atoms with Gasteiger partial charge in [0.15, 0.2) is 0 Å². The van der Waals surface area contributed by atoms with Crippen LogP contribution in [0.5, 0.6) is 0 Å². The van der Waals surface area contributed by atoms with E-state index in [1.807, 2.05) is 30.3 Å². The average Bonchev–Trinajstić information content (AvgIpc) is 3.14. The highest BCUT2D eigenvalue weighted by Crippen LogP contribution is 2.18. The Morgan fingerprint density at radius 3 is 2.69 bits per heavy atom. The molecule has 29 heavy (non-hydrogen) atoms. The van der Waals surface area contributed by atoms with Gasteiger partial charge in [0.05, 0.1) is 18.2 Å². The van der Waals surface area contributed by atoms with E-state index in [2.05, 4.69) is 20.6 Å². The number of aryl methyl sites for hydroxylation is 1. The van der Waals surface area contributed by atoms with Gasteiger partial charge in [0.2, 0.25) is 0 Å². The van der Waals surface area contributed by atoms with E-state index in [0.29, 0.717) is 6.54 Å². The number of nitrogens with one attached hydrogen (secondary N) is 3. The fourth-order valence-corrected chi connectivity index (χ4v) is 3.28. The molecule has 10 heteroatoms. The smallest absolute Gasteiger partial charge is 0.330 e. The van der Waals surface area contributed by atoms with Gasteiger partial charge < -0.3 is 15.4 Å². The van der Waals surface area contributed by atoms with E-state index in [0.717, 1.165) is 10.6 Å². The predicted octanol–water partition coefficient (Wildman–Crippen LogP) is 1.81. The van der Waals surface area contributed by atoms with E-state index in [1.54, 1.807) is 12.3 Å². The van der Waals surface area contributed by atoms with Gasteiger partial charge in [0, 0.05) is 19.0 Å². The molecule has 0 fully saturated rings. The minimum Gasteiger partial charge on any atom is -0.383 e. The Bertz CT molecular complexity index is 1100. The van der Waals surface area contributed by atoms with Crippen LogP contribution in [0.1, 0.15) is 21.1 Å². The first-order valence-electron chi connectivity index (χ1n) is 8.87. The van der Waals surface area contributed by atoms with E-state index in [9.17, 15) is 14.4 Å². The Morgan fingerprint density at radius 2 is 2.03 bits per heavy atom. The summed E-state index contributed by atoms with van der Waals surface area (Å²) in [6, 6.07) is 9.46. The van der Waals surface area contributed by atoms with Crippen LogP contribution < -0.4 is 21.9 Å². The number of H-pyrrole nitrogens is 1. The zero-order chi connectivity index (χ0) is 20.8. The van der Waals surface area contributed by atoms with Crippen molar-refractivity contribution >= 4 is 28.7 Å². The second kappa shape index (κ2) is 9.30. The van der Waals surface area contributed by atoms with Gasteiger partial charge in [-0.15, -0.1) is 11.3 Å². The molecule has 0 radical (unpaired) electrons. The van der Waals surface area contributed by atoms with Gasteiger partial charge in [-0.05, 0) is 12.5 Å². The molecule has 1 aromatic carbocycles. The maximum Gasteiger partial charge on any atom is 0.330 e. The number of hydrogen-bond acceptors (Lipinski definition) is 7. The lowest BCUT2D eigenvalue weighted by Crippen LogP contribution is -2.36. The van der Waals surface area contributed by atoms with Crippen molar-refractivity contribution in [3.05, 3.63) is 72.8 Å². The summed E-state index contributed by atoms with van der Waals surface area (Å²) >= 11 is 1.34. The number of ether oxygens (including phenoxy) is 1.